The quantitative estimate of drug-likeness (QED) is 0.0261. The number of amides is 11. The molecule has 0 aliphatic heterocycles. The largest absolute Gasteiger partial charge is 0.508 e. The molecule has 31 nitrogen and oxygen atoms in total. The van der Waals surface area contributed by atoms with Gasteiger partial charge < -0.3 is 95.6 Å². The fourth-order valence-electron chi connectivity index (χ4n) is 7.59. The highest BCUT2D eigenvalue weighted by Gasteiger charge is 2.35. The van der Waals surface area contributed by atoms with E-state index in [9.17, 15) is 83.1 Å². The van der Waals surface area contributed by atoms with Gasteiger partial charge in [-0.25, -0.2) is 9.78 Å². The van der Waals surface area contributed by atoms with Gasteiger partial charge in [-0.2, -0.15) is 0 Å². The Morgan fingerprint density at radius 2 is 1.00 bits per heavy atom. The Hall–Kier alpha value is -9.23. The van der Waals surface area contributed by atoms with Gasteiger partial charge in [-0.1, -0.05) is 44.5 Å². The van der Waals surface area contributed by atoms with Crippen molar-refractivity contribution in [2.24, 2.45) is 23.1 Å². The number of aromatic nitrogens is 2. The zero-order valence-corrected chi connectivity index (χ0v) is 45.1. The maximum atomic E-state index is 13.9. The second kappa shape index (κ2) is 33.4. The fourth-order valence-corrected chi connectivity index (χ4v) is 7.59. The lowest BCUT2D eigenvalue weighted by Crippen LogP contribution is -2.60. The first kappa shape index (κ1) is 67.0. The Kier molecular flexibility index (Phi) is 27.3. The van der Waals surface area contributed by atoms with Crippen molar-refractivity contribution in [2.45, 2.75) is 127 Å². The number of carboxylic acids is 1. The van der Waals surface area contributed by atoms with Crippen LogP contribution in [0.1, 0.15) is 69.7 Å². The molecule has 3 rings (SSSR count). The number of nitrogens with two attached hydrogens (primary N) is 3. The molecule has 31 heteroatoms. The molecule has 11 amide bonds. The predicted octanol–water partition coefficient (Wildman–Crippen LogP) is -6.16. The van der Waals surface area contributed by atoms with E-state index in [0.717, 1.165) is 0 Å². The maximum Gasteiger partial charge on any atom is 0.326 e. The Bertz CT molecular complexity index is 2690. The molecule has 0 aliphatic rings. The van der Waals surface area contributed by atoms with Crippen LogP contribution in [0.3, 0.4) is 0 Å². The van der Waals surface area contributed by atoms with E-state index in [-0.39, 0.29) is 43.6 Å². The summed E-state index contributed by atoms with van der Waals surface area (Å²) in [7, 11) is 0. The molecule has 0 unspecified atom stereocenters. The first-order chi connectivity index (χ1) is 38.7. The number of benzene rings is 2. The van der Waals surface area contributed by atoms with Gasteiger partial charge in [0.25, 0.3) is 0 Å². The summed E-state index contributed by atoms with van der Waals surface area (Å²) in [5.41, 5.74) is 17.4. The lowest BCUT2D eigenvalue weighted by atomic mass is 9.97. The topological polar surface area (TPSA) is 521 Å². The molecule has 2 aromatic carbocycles. The standard InChI is InChI=1S/C51H72N14O17/c1-4-25(2)42(50(80)61-35(19-29-20-55-24-57-29)47(77)62-36(51(81)82)18-28-7-11-31(69)12-8-28)65-41(72)21-56-45(75)33(14-16-40(54)71)59-48(78)37(22-66)63-43(73)26(3)58-46(76)34(17-27-5-9-30(68)10-6-27)60-49(79)38(23-67)64-44(74)32(52)13-15-39(53)70/h5-12,20,24-26,32-38,42,66-69H,4,13-19,21-23,52H2,1-3H3,(H2,53,70)(H2,54,71)(H,55,57)(H,56,75)(H,58,76)(H,59,78)(H,60,79)(H,61,80)(H,62,77)(H,63,73)(H,64,74)(H,65,72)(H,81,82)/t25-,26-,32-,33-,34-,35-,36-,37-,38-,42-/m0/s1. The van der Waals surface area contributed by atoms with E-state index < -0.39 is 164 Å². The number of hydrogen-bond donors (Lipinski definition) is 18. The van der Waals surface area contributed by atoms with Crippen LogP contribution in [0.15, 0.2) is 61.1 Å². The summed E-state index contributed by atoms with van der Waals surface area (Å²) in [4.78, 5) is 163. The van der Waals surface area contributed by atoms with Gasteiger partial charge in [0, 0.05) is 44.0 Å². The number of nitrogens with zero attached hydrogens (tertiary/aromatic N) is 1. The molecule has 0 radical (unpaired) electrons. The van der Waals surface area contributed by atoms with Crippen LogP contribution in [0.25, 0.3) is 0 Å². The van der Waals surface area contributed by atoms with Gasteiger partial charge in [0.2, 0.25) is 65.0 Å². The minimum Gasteiger partial charge on any atom is -0.508 e. The number of primary amides is 2. The van der Waals surface area contributed by atoms with Crippen molar-refractivity contribution >= 4 is 70.9 Å². The minimum atomic E-state index is -1.82. The van der Waals surface area contributed by atoms with E-state index >= 15 is 0 Å². The van der Waals surface area contributed by atoms with Gasteiger partial charge in [0.15, 0.2) is 0 Å². The molecule has 1 heterocycles. The number of H-pyrrole nitrogens is 1. The van der Waals surface area contributed by atoms with E-state index in [1.807, 2.05) is 0 Å². The maximum absolute atomic E-state index is 13.9. The highest BCUT2D eigenvalue weighted by atomic mass is 16.4. The molecule has 10 atom stereocenters. The van der Waals surface area contributed by atoms with Crippen LogP contribution in [0.4, 0.5) is 0 Å². The van der Waals surface area contributed by atoms with Crippen molar-refractivity contribution in [1.29, 1.82) is 0 Å². The van der Waals surface area contributed by atoms with Gasteiger partial charge in [0.1, 0.15) is 59.8 Å². The number of carboxylic acid groups (broad SMARTS) is 1. The number of aliphatic carboxylic acids is 1. The third-order valence-electron chi connectivity index (χ3n) is 12.6. The number of carbonyl (C=O) groups is 12. The van der Waals surface area contributed by atoms with Gasteiger partial charge in [-0.05, 0) is 61.1 Å². The zero-order chi connectivity index (χ0) is 61.2. The number of imidazole rings is 1. The van der Waals surface area contributed by atoms with Crippen molar-refractivity contribution in [1.82, 2.24) is 57.8 Å². The molecule has 1 aromatic heterocycles. The van der Waals surface area contributed by atoms with Crippen molar-refractivity contribution in [3.63, 3.8) is 0 Å². The van der Waals surface area contributed by atoms with Crippen molar-refractivity contribution in [2.75, 3.05) is 19.8 Å². The molecular weight excluding hydrogens is 1080 g/mol. The van der Waals surface area contributed by atoms with E-state index in [1.165, 1.54) is 68.0 Å². The van der Waals surface area contributed by atoms with E-state index in [2.05, 4.69) is 57.8 Å². The molecule has 21 N–H and O–H groups in total. The predicted molar refractivity (Wildman–Crippen MR) is 286 cm³/mol. The molecule has 0 fully saturated rings. The Morgan fingerprint density at radius 3 is 1.50 bits per heavy atom. The first-order valence-corrected chi connectivity index (χ1v) is 25.7. The molecule has 3 aromatic rings. The smallest absolute Gasteiger partial charge is 0.326 e. The van der Waals surface area contributed by atoms with E-state index in [1.54, 1.807) is 13.8 Å². The summed E-state index contributed by atoms with van der Waals surface area (Å²) in [5.74, 6) is -12.9. The number of hydrogen-bond acceptors (Lipinski definition) is 18. The van der Waals surface area contributed by atoms with Gasteiger partial charge >= 0.3 is 5.97 Å². The normalized spacial score (nSPS) is 14.6. The van der Waals surface area contributed by atoms with Gasteiger partial charge in [0.05, 0.1) is 32.1 Å². The second-order valence-electron chi connectivity index (χ2n) is 19.1. The number of rotatable bonds is 35. The van der Waals surface area contributed by atoms with Crippen LogP contribution < -0.4 is 65.1 Å². The lowest BCUT2D eigenvalue weighted by molar-refractivity contribution is -0.142. The average molecular weight is 1150 g/mol. The molecule has 82 heavy (non-hydrogen) atoms. The van der Waals surface area contributed by atoms with Crippen molar-refractivity contribution < 1.29 is 83.1 Å². The number of aromatic hydroxyl groups is 2. The Balaban J connectivity index is 1.70. The van der Waals surface area contributed by atoms with Crippen LogP contribution in [-0.4, -0.2) is 181 Å². The number of aliphatic hydroxyl groups excluding tert-OH is 2. The summed E-state index contributed by atoms with van der Waals surface area (Å²) in [5, 5.41) is 70.7. The second-order valence-corrected chi connectivity index (χ2v) is 19.1. The number of phenolic OH excluding ortho intramolecular Hbond substituents is 2. The summed E-state index contributed by atoms with van der Waals surface area (Å²) in [6.07, 6.45) is 0.952. The van der Waals surface area contributed by atoms with E-state index in [4.69, 9.17) is 17.2 Å². The molecule has 0 bridgehead atoms. The van der Waals surface area contributed by atoms with Crippen LogP contribution >= 0.6 is 0 Å². The minimum absolute atomic E-state index is 0.0618. The lowest BCUT2D eigenvalue weighted by Gasteiger charge is -2.27. The number of aliphatic hydroxyl groups is 2. The molecule has 0 saturated heterocycles. The molecule has 0 aliphatic carbocycles. The van der Waals surface area contributed by atoms with Crippen LogP contribution in [0.2, 0.25) is 0 Å². The summed E-state index contributed by atoms with van der Waals surface area (Å²) in [6.45, 7) is 1.60. The van der Waals surface area contributed by atoms with Crippen LogP contribution in [0.5, 0.6) is 11.5 Å². The summed E-state index contributed by atoms with van der Waals surface area (Å²) >= 11 is 0. The molecule has 448 valence electrons. The third kappa shape index (κ3) is 22.9. The van der Waals surface area contributed by atoms with E-state index in [0.29, 0.717) is 23.2 Å². The number of carbonyl (C=O) groups excluding carboxylic acids is 11. The van der Waals surface area contributed by atoms with Crippen LogP contribution in [-0.2, 0) is 76.8 Å². The fraction of sp³-hybridized carbons (Fsp3) is 0.471. The number of phenols is 2. The molecule has 0 spiro atoms. The highest BCUT2D eigenvalue weighted by Crippen LogP contribution is 2.15. The van der Waals surface area contributed by atoms with Crippen molar-refractivity contribution in [3.8, 4) is 11.5 Å². The average Bonchev–Trinajstić information content (AvgIpc) is 3.96. The van der Waals surface area contributed by atoms with Gasteiger partial charge in [-0.3, -0.25) is 52.7 Å². The Morgan fingerprint density at radius 1 is 0.549 bits per heavy atom. The van der Waals surface area contributed by atoms with Crippen LogP contribution in [0, 0.1) is 5.92 Å². The van der Waals surface area contributed by atoms with Crippen molar-refractivity contribution in [3.05, 3.63) is 77.9 Å². The molecular formula is C51H72N14O17. The molecule has 0 saturated carbocycles. The monoisotopic (exact) mass is 1150 g/mol. The SMILES string of the molecule is CC[C@H](C)[C@H](NC(=O)CNC(=O)[C@H](CCC(N)=O)NC(=O)[C@H](CO)NC(=O)[C@H](C)NC(=O)[C@H](Cc1ccc(O)cc1)NC(=O)[C@H](CO)NC(=O)[C@@H](N)CCC(N)=O)C(=O)N[C@@H](Cc1cnc[nH]1)C(=O)N[C@@H](Cc1ccc(O)cc1)C(=O)O. The van der Waals surface area contributed by atoms with Gasteiger partial charge in [-0.15, -0.1) is 0 Å². The number of nitrogens with one attached hydrogen (secondary N) is 10. The zero-order valence-electron chi connectivity index (χ0n) is 45.1. The number of aromatic amines is 1. The highest BCUT2D eigenvalue weighted by molar-refractivity contribution is 5.98. The summed E-state index contributed by atoms with van der Waals surface area (Å²) < 4.78 is 0. The summed E-state index contributed by atoms with van der Waals surface area (Å²) in [6, 6.07) is -2.67. The Labute approximate surface area is 469 Å². The first-order valence-electron chi connectivity index (χ1n) is 25.7. The third-order valence-corrected chi connectivity index (χ3v) is 12.6.